The molecule has 1 aliphatic rings. The number of alkyl halides is 5. The summed E-state index contributed by atoms with van der Waals surface area (Å²) in [7, 11) is 3.68. The third kappa shape index (κ3) is 6.92. The Kier molecular flexibility index (Phi) is 9.24. The first-order valence-electron chi connectivity index (χ1n) is 12.4. The second-order valence-electron chi connectivity index (χ2n) is 9.45. The molecule has 1 amide bonds. The third-order valence-electron chi connectivity index (χ3n) is 6.81. The highest BCUT2D eigenvalue weighted by Gasteiger charge is 2.45. The van der Waals surface area contributed by atoms with Crippen molar-refractivity contribution in [2.24, 2.45) is 5.92 Å². The predicted molar refractivity (Wildman–Crippen MR) is 142 cm³/mol. The standard InChI is InChI=1S/C27H24F6N3O5P/c1-40-16-8-19(28)23(22(42)9-16)18-12-36(20-11-34-13-35(25(20)39)7-6-27(31,32)33)24(38)17(18)10-21(37)14-2-4-15(5-3-14)41-26(29)30/h2-5,8-9,11,13,17-18,26H,6-7,10,12,42H2,1H3/t17-,18+/m0/s1. The van der Waals surface area contributed by atoms with Gasteiger partial charge in [-0.25, -0.2) is 9.37 Å². The Hall–Kier alpha value is -3.93. The quantitative estimate of drug-likeness (QED) is 0.190. The average molecular weight is 615 g/mol. The van der Waals surface area contributed by atoms with Crippen LogP contribution < -0.4 is 25.2 Å². The number of aromatic nitrogens is 2. The van der Waals surface area contributed by atoms with Gasteiger partial charge in [0, 0.05) is 42.6 Å². The minimum Gasteiger partial charge on any atom is -0.497 e. The van der Waals surface area contributed by atoms with Crippen LogP contribution >= 0.6 is 9.24 Å². The molecule has 3 atom stereocenters. The molecule has 0 aliphatic carbocycles. The van der Waals surface area contributed by atoms with Gasteiger partial charge < -0.3 is 14.4 Å². The molecule has 0 spiro atoms. The van der Waals surface area contributed by atoms with Crippen LogP contribution in [0, 0.1) is 11.7 Å². The van der Waals surface area contributed by atoms with E-state index in [1.807, 2.05) is 0 Å². The van der Waals surface area contributed by atoms with Gasteiger partial charge in [-0.3, -0.25) is 19.0 Å². The topological polar surface area (TPSA) is 90.7 Å². The third-order valence-corrected chi connectivity index (χ3v) is 7.28. The molecule has 1 fully saturated rings. The van der Waals surface area contributed by atoms with E-state index in [2.05, 4.69) is 19.0 Å². The fourth-order valence-electron chi connectivity index (χ4n) is 4.82. The number of Topliss-reactive ketones (excluding diaryl/α,β-unsaturated/α-hetero) is 1. The summed E-state index contributed by atoms with van der Waals surface area (Å²) >= 11 is 0. The van der Waals surface area contributed by atoms with Crippen molar-refractivity contribution in [2.45, 2.75) is 38.1 Å². The van der Waals surface area contributed by atoms with Gasteiger partial charge in [0.1, 0.15) is 23.0 Å². The number of hydrogen-bond donors (Lipinski definition) is 0. The zero-order chi connectivity index (χ0) is 30.8. The normalized spacial score (nSPS) is 17.2. The number of carbonyl (C=O) groups is 2. The fraction of sp³-hybridized carbons (Fsp3) is 0.333. The van der Waals surface area contributed by atoms with Crippen LogP contribution in [-0.4, -0.2) is 47.7 Å². The lowest BCUT2D eigenvalue weighted by Crippen LogP contribution is -2.35. The fourth-order valence-corrected chi connectivity index (χ4v) is 5.33. The first-order valence-corrected chi connectivity index (χ1v) is 13.0. The van der Waals surface area contributed by atoms with E-state index in [1.54, 1.807) is 0 Å². The molecule has 2 aromatic carbocycles. The van der Waals surface area contributed by atoms with E-state index >= 15 is 4.39 Å². The molecule has 4 rings (SSSR count). The van der Waals surface area contributed by atoms with Crippen LogP contribution in [0.3, 0.4) is 0 Å². The Balaban J connectivity index is 1.70. The molecule has 42 heavy (non-hydrogen) atoms. The maximum absolute atomic E-state index is 15.4. The number of amides is 1. The van der Waals surface area contributed by atoms with Crippen molar-refractivity contribution >= 4 is 31.9 Å². The van der Waals surface area contributed by atoms with Gasteiger partial charge >= 0.3 is 12.8 Å². The van der Waals surface area contributed by atoms with Crippen molar-refractivity contribution in [3.8, 4) is 11.5 Å². The van der Waals surface area contributed by atoms with Crippen LogP contribution in [0.5, 0.6) is 11.5 Å². The Morgan fingerprint density at radius 1 is 1.14 bits per heavy atom. The molecule has 0 saturated carbocycles. The molecule has 0 N–H and O–H groups in total. The van der Waals surface area contributed by atoms with Gasteiger partial charge in [0.15, 0.2) is 5.78 Å². The number of benzene rings is 2. The zero-order valence-corrected chi connectivity index (χ0v) is 23.1. The number of hydrogen-bond acceptors (Lipinski definition) is 6. The molecule has 8 nitrogen and oxygen atoms in total. The molecule has 0 bridgehead atoms. The minimum absolute atomic E-state index is 0.0661. The summed E-state index contributed by atoms with van der Waals surface area (Å²) in [5.41, 5.74) is -1.10. The number of ketones is 1. The molecule has 15 heteroatoms. The van der Waals surface area contributed by atoms with E-state index in [4.69, 9.17) is 4.74 Å². The summed E-state index contributed by atoms with van der Waals surface area (Å²) < 4.78 is 88.8. The number of carbonyl (C=O) groups excluding carboxylic acids is 2. The van der Waals surface area contributed by atoms with Crippen LogP contribution in [0.4, 0.5) is 32.0 Å². The lowest BCUT2D eigenvalue weighted by molar-refractivity contribution is -0.136. The van der Waals surface area contributed by atoms with Gasteiger partial charge in [-0.05, 0) is 35.6 Å². The monoisotopic (exact) mass is 615 g/mol. The average Bonchev–Trinajstić information content (AvgIpc) is 3.22. The van der Waals surface area contributed by atoms with Gasteiger partial charge in [-0.2, -0.15) is 22.0 Å². The molecule has 224 valence electrons. The highest BCUT2D eigenvalue weighted by atomic mass is 31.0. The Bertz CT molecular complexity index is 1510. The van der Waals surface area contributed by atoms with Crippen LogP contribution in [0.1, 0.15) is 34.7 Å². The van der Waals surface area contributed by atoms with Gasteiger partial charge in [-0.15, -0.1) is 9.24 Å². The molecule has 1 saturated heterocycles. The van der Waals surface area contributed by atoms with Crippen LogP contribution in [0.25, 0.3) is 0 Å². The van der Waals surface area contributed by atoms with Crippen molar-refractivity contribution in [1.29, 1.82) is 0 Å². The van der Waals surface area contributed by atoms with Crippen molar-refractivity contribution in [1.82, 2.24) is 9.55 Å². The summed E-state index contributed by atoms with van der Waals surface area (Å²) in [6.07, 6.45) is -4.35. The molecular weight excluding hydrogens is 591 g/mol. The molecule has 3 aromatic rings. The summed E-state index contributed by atoms with van der Waals surface area (Å²) in [5.74, 6) is -4.20. The van der Waals surface area contributed by atoms with Crippen LogP contribution in [0.2, 0.25) is 0 Å². The Morgan fingerprint density at radius 2 is 1.83 bits per heavy atom. The first kappa shape index (κ1) is 31.0. The number of ether oxygens (including phenoxy) is 2. The van der Waals surface area contributed by atoms with Crippen molar-refractivity contribution < 1.29 is 45.4 Å². The summed E-state index contributed by atoms with van der Waals surface area (Å²) in [6, 6.07) is 7.39. The summed E-state index contributed by atoms with van der Waals surface area (Å²) in [6.45, 7) is -4.08. The maximum Gasteiger partial charge on any atom is 0.390 e. The number of anilines is 1. The largest absolute Gasteiger partial charge is 0.497 e. The van der Waals surface area contributed by atoms with E-state index in [0.29, 0.717) is 5.30 Å². The van der Waals surface area contributed by atoms with Gasteiger partial charge in [0.2, 0.25) is 5.91 Å². The molecule has 0 radical (unpaired) electrons. The van der Waals surface area contributed by atoms with Gasteiger partial charge in [-0.1, -0.05) is 0 Å². The van der Waals surface area contributed by atoms with Crippen molar-refractivity contribution in [2.75, 3.05) is 18.6 Å². The first-order chi connectivity index (χ1) is 19.8. The predicted octanol–water partition coefficient (Wildman–Crippen LogP) is 4.46. The molecule has 1 aromatic heterocycles. The van der Waals surface area contributed by atoms with Gasteiger partial charge in [0.05, 0.1) is 32.0 Å². The molecule has 1 unspecified atom stereocenters. The number of aryl methyl sites for hydroxylation is 1. The highest BCUT2D eigenvalue weighted by Crippen LogP contribution is 2.40. The smallest absolute Gasteiger partial charge is 0.390 e. The van der Waals surface area contributed by atoms with E-state index in [0.717, 1.165) is 40.2 Å². The van der Waals surface area contributed by atoms with Crippen molar-refractivity contribution in [3.63, 3.8) is 0 Å². The van der Waals surface area contributed by atoms with E-state index < -0.39 is 67.1 Å². The molecule has 1 aliphatic heterocycles. The lowest BCUT2D eigenvalue weighted by atomic mass is 9.84. The summed E-state index contributed by atoms with van der Waals surface area (Å²) in [4.78, 5) is 44.8. The Labute approximate surface area is 237 Å². The van der Waals surface area contributed by atoms with Gasteiger partial charge in [0.25, 0.3) is 5.56 Å². The number of methoxy groups -OCH3 is 1. The van der Waals surface area contributed by atoms with E-state index in [-0.39, 0.29) is 34.9 Å². The second-order valence-corrected chi connectivity index (χ2v) is 10.1. The van der Waals surface area contributed by atoms with Crippen LogP contribution in [-0.2, 0) is 11.3 Å². The number of halogens is 6. The summed E-state index contributed by atoms with van der Waals surface area (Å²) in [5, 5.41) is 0.325. The lowest BCUT2D eigenvalue weighted by Gasteiger charge is -2.20. The molecule has 2 heterocycles. The Morgan fingerprint density at radius 3 is 2.43 bits per heavy atom. The van der Waals surface area contributed by atoms with Crippen LogP contribution in [0.15, 0.2) is 53.7 Å². The zero-order valence-electron chi connectivity index (χ0n) is 21.9. The number of nitrogens with zero attached hydrogens (tertiary/aromatic N) is 3. The van der Waals surface area contributed by atoms with Crippen molar-refractivity contribution in [3.05, 3.63) is 76.2 Å². The second kappa shape index (κ2) is 12.5. The minimum atomic E-state index is -4.54. The van der Waals surface area contributed by atoms with E-state index in [9.17, 15) is 36.3 Å². The number of rotatable bonds is 10. The highest BCUT2D eigenvalue weighted by molar-refractivity contribution is 7.27. The van der Waals surface area contributed by atoms with E-state index in [1.165, 1.54) is 25.3 Å². The maximum atomic E-state index is 15.4. The molecular formula is C27H24F6N3O5P. The SMILES string of the molecule is COc1cc(F)c([C@@H]2CN(c3cncn(CCC(F)(F)F)c3=O)C(=O)[C@H]2CC(=O)c2ccc(OC(F)F)cc2)c(P)c1.